The van der Waals surface area contributed by atoms with Gasteiger partial charge in [-0.15, -0.1) is 10.2 Å². The van der Waals surface area contributed by atoms with E-state index in [9.17, 15) is 0 Å². The fourth-order valence-electron chi connectivity index (χ4n) is 0.962. The highest BCUT2D eigenvalue weighted by atomic mass is 16.6. The van der Waals surface area contributed by atoms with E-state index in [1.54, 1.807) is 6.07 Å². The fourth-order valence-corrected chi connectivity index (χ4v) is 0.962. The van der Waals surface area contributed by atoms with E-state index in [4.69, 9.17) is 20.7 Å². The molecule has 0 fully saturated rings. The third kappa shape index (κ3) is 3.62. The number of benzene rings is 1. The Morgan fingerprint density at radius 3 is 2.56 bits per heavy atom. The Bertz CT molecular complexity index is 452. The van der Waals surface area contributed by atoms with E-state index in [0.29, 0.717) is 11.5 Å². The lowest BCUT2D eigenvalue weighted by molar-refractivity contribution is 0.137. The molecule has 1 aromatic carbocycles. The van der Waals surface area contributed by atoms with Crippen LogP contribution in [0.3, 0.4) is 0 Å². The highest BCUT2D eigenvalue weighted by Crippen LogP contribution is 2.15. The van der Waals surface area contributed by atoms with Gasteiger partial charge in [-0.25, -0.2) is 4.79 Å². The summed E-state index contributed by atoms with van der Waals surface area (Å²) in [7, 11) is 0. The minimum atomic E-state index is -1.83. The van der Waals surface area contributed by atoms with Crippen molar-refractivity contribution in [3.8, 4) is 11.4 Å². The first-order valence-electron chi connectivity index (χ1n) is 4.11. The van der Waals surface area contributed by atoms with Gasteiger partial charge in [0.1, 0.15) is 0 Å². The van der Waals surface area contributed by atoms with Crippen molar-refractivity contribution in [3.63, 3.8) is 0 Å². The number of rotatable bonds is 1. The molecule has 2 rings (SSSR count). The number of nitrogen functional groups attached to an aromatic ring is 1. The molecule has 0 atom stereocenters. The number of aromatic amines is 1. The normalized spacial score (nSPS) is 9.00. The summed E-state index contributed by atoms with van der Waals surface area (Å²) in [6, 6.07) is 7.33. The maximum absolute atomic E-state index is 8.56. The maximum Gasteiger partial charge on any atom is 0.503 e. The maximum atomic E-state index is 8.56. The largest absolute Gasteiger partial charge is 0.503 e. The number of hydrogen-bond acceptors (Lipinski definition) is 5. The van der Waals surface area contributed by atoms with E-state index < -0.39 is 6.16 Å². The second-order valence-corrected chi connectivity index (χ2v) is 2.64. The van der Waals surface area contributed by atoms with Crippen molar-refractivity contribution in [2.24, 2.45) is 0 Å². The lowest BCUT2D eigenvalue weighted by Gasteiger charge is -1.94. The quantitative estimate of drug-likeness (QED) is 0.521. The van der Waals surface area contributed by atoms with Crippen molar-refractivity contribution in [2.75, 3.05) is 5.73 Å². The zero-order valence-corrected chi connectivity index (χ0v) is 8.03. The van der Waals surface area contributed by atoms with Gasteiger partial charge in [-0.1, -0.05) is 12.1 Å². The molecule has 0 saturated heterocycles. The summed E-state index contributed by atoms with van der Waals surface area (Å²) in [5.41, 5.74) is 7.14. The molecule has 0 unspecified atom stereocenters. The second kappa shape index (κ2) is 5.29. The number of H-pyrrole nitrogens is 1. The summed E-state index contributed by atoms with van der Waals surface area (Å²) in [4.78, 5) is 8.56. The van der Waals surface area contributed by atoms with E-state index >= 15 is 0 Å². The lowest BCUT2D eigenvalue weighted by atomic mass is 10.2. The Morgan fingerprint density at radius 2 is 2.06 bits per heavy atom. The number of nitrogens with one attached hydrogen (secondary N) is 1. The van der Waals surface area contributed by atoms with Gasteiger partial charge in [0.2, 0.25) is 5.82 Å². The van der Waals surface area contributed by atoms with Crippen LogP contribution >= 0.6 is 0 Å². The number of nitrogens with zero attached hydrogens (tertiary/aromatic N) is 3. The van der Waals surface area contributed by atoms with Gasteiger partial charge in [-0.3, -0.25) is 0 Å². The molecule has 0 aliphatic heterocycles. The molecule has 0 radical (unpaired) electrons. The number of anilines is 1. The summed E-state index contributed by atoms with van der Waals surface area (Å²) < 4.78 is 0. The first-order chi connectivity index (χ1) is 7.59. The van der Waals surface area contributed by atoms with Crippen molar-refractivity contribution in [1.29, 1.82) is 0 Å². The highest BCUT2D eigenvalue weighted by molar-refractivity contribution is 5.59. The molecular weight excluding hydrogens is 214 g/mol. The summed E-state index contributed by atoms with van der Waals surface area (Å²) in [5, 5.41) is 27.4. The fraction of sp³-hybridized carbons (Fsp3) is 0. The van der Waals surface area contributed by atoms with Crippen LogP contribution in [-0.4, -0.2) is 37.0 Å². The molecule has 1 aromatic heterocycles. The predicted octanol–water partition coefficient (Wildman–Crippen LogP) is 0.671. The Balaban J connectivity index is 0.000000280. The molecule has 0 spiro atoms. The minimum absolute atomic E-state index is 0.558. The first kappa shape index (κ1) is 11.4. The topological polar surface area (TPSA) is 138 Å². The van der Waals surface area contributed by atoms with Gasteiger partial charge in [0.15, 0.2) is 0 Å². The average Bonchev–Trinajstić information content (AvgIpc) is 2.69. The third-order valence-corrected chi connectivity index (χ3v) is 1.49. The number of aromatic nitrogens is 4. The molecular formula is C8H9N5O3. The molecule has 8 heteroatoms. The Hall–Kier alpha value is -2.64. The van der Waals surface area contributed by atoms with Gasteiger partial charge in [0, 0.05) is 11.3 Å². The lowest BCUT2D eigenvalue weighted by Crippen LogP contribution is -1.86. The van der Waals surface area contributed by atoms with Crippen LogP contribution < -0.4 is 5.73 Å². The molecule has 16 heavy (non-hydrogen) atoms. The Kier molecular flexibility index (Phi) is 3.78. The van der Waals surface area contributed by atoms with Gasteiger partial charge in [0.25, 0.3) is 0 Å². The first-order valence-corrected chi connectivity index (χ1v) is 4.11. The van der Waals surface area contributed by atoms with Crippen molar-refractivity contribution in [1.82, 2.24) is 20.6 Å². The minimum Gasteiger partial charge on any atom is -0.450 e. The van der Waals surface area contributed by atoms with E-state index in [1.807, 2.05) is 18.2 Å². The molecule has 1 heterocycles. The van der Waals surface area contributed by atoms with Crippen LogP contribution in [0, 0.1) is 0 Å². The van der Waals surface area contributed by atoms with Crippen LogP contribution in [0.5, 0.6) is 0 Å². The van der Waals surface area contributed by atoms with Crippen molar-refractivity contribution >= 4 is 11.8 Å². The predicted molar refractivity (Wildman–Crippen MR) is 54.7 cm³/mol. The van der Waals surface area contributed by atoms with Crippen LogP contribution in [0.15, 0.2) is 24.3 Å². The molecule has 0 bridgehead atoms. The number of nitrogens with two attached hydrogens (primary N) is 1. The zero-order valence-electron chi connectivity index (χ0n) is 8.03. The average molecular weight is 223 g/mol. The van der Waals surface area contributed by atoms with Crippen LogP contribution in [-0.2, 0) is 0 Å². The number of tetrazole rings is 1. The van der Waals surface area contributed by atoms with E-state index in [2.05, 4.69) is 20.6 Å². The Labute approximate surface area is 89.7 Å². The van der Waals surface area contributed by atoms with E-state index in [0.717, 1.165) is 5.56 Å². The summed E-state index contributed by atoms with van der Waals surface area (Å²) in [6.45, 7) is 0. The molecule has 0 aliphatic rings. The number of carbonyl (C=O) groups is 1. The molecule has 5 N–H and O–H groups in total. The van der Waals surface area contributed by atoms with E-state index in [-0.39, 0.29) is 0 Å². The highest BCUT2D eigenvalue weighted by Gasteiger charge is 2.00. The molecule has 8 nitrogen and oxygen atoms in total. The molecule has 0 saturated carbocycles. The number of carboxylic acid groups (broad SMARTS) is 2. The zero-order chi connectivity index (χ0) is 12.0. The summed E-state index contributed by atoms with van der Waals surface area (Å²) >= 11 is 0. The van der Waals surface area contributed by atoms with Gasteiger partial charge in [-0.2, -0.15) is 5.21 Å². The molecule has 0 aliphatic carbocycles. The van der Waals surface area contributed by atoms with Crippen LogP contribution in [0.4, 0.5) is 10.5 Å². The van der Waals surface area contributed by atoms with Gasteiger partial charge in [-0.05, 0) is 17.3 Å². The molecule has 84 valence electrons. The van der Waals surface area contributed by atoms with Crippen molar-refractivity contribution < 1.29 is 15.0 Å². The van der Waals surface area contributed by atoms with Gasteiger partial charge < -0.3 is 15.9 Å². The molecule has 0 amide bonds. The third-order valence-electron chi connectivity index (χ3n) is 1.49. The standard InChI is InChI=1S/C7H7N5.CH2O3/c8-6-3-1-2-5(4-6)7-9-11-12-10-7;2-1(3)4/h1-4H,8H2,(H,9,10,11,12);(H2,2,3,4). The van der Waals surface area contributed by atoms with Gasteiger partial charge in [0.05, 0.1) is 0 Å². The number of hydrogen-bond donors (Lipinski definition) is 4. The van der Waals surface area contributed by atoms with Crippen molar-refractivity contribution in [2.45, 2.75) is 0 Å². The van der Waals surface area contributed by atoms with Gasteiger partial charge >= 0.3 is 6.16 Å². The van der Waals surface area contributed by atoms with Crippen molar-refractivity contribution in [3.05, 3.63) is 24.3 Å². The SMILES string of the molecule is Nc1cccc(-c2nn[nH]n2)c1.O=C(O)O. The molecule has 2 aromatic rings. The summed E-state index contributed by atoms with van der Waals surface area (Å²) in [6.07, 6.45) is -1.83. The van der Waals surface area contributed by atoms with E-state index in [1.165, 1.54) is 0 Å². The van der Waals surface area contributed by atoms with Crippen LogP contribution in [0.25, 0.3) is 11.4 Å². The summed E-state index contributed by atoms with van der Waals surface area (Å²) in [5.74, 6) is 0.558. The smallest absolute Gasteiger partial charge is 0.450 e. The monoisotopic (exact) mass is 223 g/mol. The van der Waals surface area contributed by atoms with Crippen LogP contribution in [0.2, 0.25) is 0 Å². The Morgan fingerprint density at radius 1 is 1.38 bits per heavy atom. The van der Waals surface area contributed by atoms with Crippen LogP contribution in [0.1, 0.15) is 0 Å². The second-order valence-electron chi connectivity index (χ2n) is 2.64.